The van der Waals surface area contributed by atoms with Gasteiger partial charge in [0.1, 0.15) is 12.2 Å². The molecule has 0 saturated carbocycles. The number of benzene rings is 2. The van der Waals surface area contributed by atoms with E-state index in [4.69, 9.17) is 9.15 Å². The van der Waals surface area contributed by atoms with Crippen LogP contribution < -0.4 is 10.6 Å². The third-order valence-electron chi connectivity index (χ3n) is 3.31. The largest absolute Gasteiger partial charge is 0.460 e. The lowest BCUT2D eigenvalue weighted by atomic mass is 10.2. The van der Waals surface area contributed by atoms with Crippen molar-refractivity contribution >= 4 is 22.8 Å². The molecule has 2 N–H and O–H groups in total. The summed E-state index contributed by atoms with van der Waals surface area (Å²) in [6.45, 7) is 1.90. The van der Waals surface area contributed by atoms with Gasteiger partial charge in [-0.15, -0.1) is 0 Å². The van der Waals surface area contributed by atoms with E-state index in [1.807, 2.05) is 48.5 Å². The standard InChI is InChI=1S/C17H18N2O3/c20-17(21-12-13-4-2-1-3-5-13)11-18-8-9-19-15-10-14-6-7-16(15)22-14/h1-7,10,18-19H,8-9,11-12H2. The Bertz CT molecular complexity index is 709. The molecule has 114 valence electrons. The zero-order chi connectivity index (χ0) is 15.2. The minimum atomic E-state index is -0.251. The SMILES string of the molecule is O=C(CNCCNc1cc2ccc1o2)OCc1ccccc1. The van der Waals surface area contributed by atoms with Crippen LogP contribution in [0.1, 0.15) is 5.56 Å². The Kier molecular flexibility index (Phi) is 4.56. The summed E-state index contributed by atoms with van der Waals surface area (Å²) in [6, 6.07) is 15.5. The van der Waals surface area contributed by atoms with Gasteiger partial charge in [0.05, 0.1) is 12.2 Å². The number of rotatable bonds is 8. The van der Waals surface area contributed by atoms with Crippen molar-refractivity contribution in [3.63, 3.8) is 0 Å². The minimum absolute atomic E-state index is 0.206. The van der Waals surface area contributed by atoms with E-state index in [1.54, 1.807) is 0 Å². The molecular formula is C17H18N2O3. The maximum atomic E-state index is 11.6. The number of ether oxygens (including phenoxy) is 1. The molecule has 0 spiro atoms. The van der Waals surface area contributed by atoms with Crippen LogP contribution in [0.15, 0.2) is 52.9 Å². The lowest BCUT2D eigenvalue weighted by Gasteiger charge is -2.07. The van der Waals surface area contributed by atoms with Gasteiger partial charge >= 0.3 is 5.97 Å². The fourth-order valence-corrected chi connectivity index (χ4v) is 2.19. The van der Waals surface area contributed by atoms with E-state index in [0.29, 0.717) is 19.7 Å². The smallest absolute Gasteiger partial charge is 0.320 e. The first kappa shape index (κ1) is 14.4. The van der Waals surface area contributed by atoms with Crippen molar-refractivity contribution in [3.05, 3.63) is 54.1 Å². The van der Waals surface area contributed by atoms with Crippen molar-refractivity contribution in [3.8, 4) is 0 Å². The summed E-state index contributed by atoms with van der Waals surface area (Å²) in [5.41, 5.74) is 3.71. The number of hydrogen-bond acceptors (Lipinski definition) is 5. The third-order valence-corrected chi connectivity index (χ3v) is 3.31. The first-order valence-electron chi connectivity index (χ1n) is 7.27. The van der Waals surface area contributed by atoms with Crippen LogP contribution in [0.3, 0.4) is 0 Å². The highest BCUT2D eigenvalue weighted by Crippen LogP contribution is 2.26. The number of furan rings is 2. The van der Waals surface area contributed by atoms with E-state index in [9.17, 15) is 4.79 Å². The molecule has 2 bridgehead atoms. The second-order valence-corrected chi connectivity index (χ2v) is 5.01. The van der Waals surface area contributed by atoms with E-state index >= 15 is 0 Å². The van der Waals surface area contributed by atoms with Crippen LogP contribution in [-0.2, 0) is 16.1 Å². The van der Waals surface area contributed by atoms with Crippen LogP contribution in [0, 0.1) is 0 Å². The van der Waals surface area contributed by atoms with Crippen LogP contribution in [-0.4, -0.2) is 25.6 Å². The number of carbonyl (C=O) groups excluding carboxylic acids is 1. The van der Waals surface area contributed by atoms with Crippen LogP contribution in [0.4, 0.5) is 5.69 Å². The summed E-state index contributed by atoms with van der Waals surface area (Å²) >= 11 is 0. The Morgan fingerprint density at radius 1 is 1.09 bits per heavy atom. The maximum absolute atomic E-state index is 11.6. The molecule has 0 radical (unpaired) electrons. The minimum Gasteiger partial charge on any atom is -0.460 e. The number of fused-ring (bicyclic) bond motifs is 2. The normalized spacial score (nSPS) is 10.9. The van der Waals surface area contributed by atoms with E-state index in [1.165, 1.54) is 0 Å². The second kappa shape index (κ2) is 6.95. The molecule has 3 rings (SSSR count). The number of nitrogens with one attached hydrogen (secondary N) is 2. The predicted molar refractivity (Wildman–Crippen MR) is 85.0 cm³/mol. The van der Waals surface area contributed by atoms with Gasteiger partial charge in [-0.2, -0.15) is 0 Å². The number of anilines is 1. The van der Waals surface area contributed by atoms with Gasteiger partial charge < -0.3 is 19.8 Å². The van der Waals surface area contributed by atoms with Crippen LogP contribution >= 0.6 is 0 Å². The summed E-state index contributed by atoms with van der Waals surface area (Å²) in [7, 11) is 0. The lowest BCUT2D eigenvalue weighted by molar-refractivity contribution is -0.143. The quantitative estimate of drug-likeness (QED) is 0.494. The number of hydrogen-bond donors (Lipinski definition) is 2. The van der Waals surface area contributed by atoms with Gasteiger partial charge in [0.25, 0.3) is 0 Å². The summed E-state index contributed by atoms with van der Waals surface area (Å²) in [5.74, 6) is -0.251. The molecule has 0 aliphatic heterocycles. The highest BCUT2D eigenvalue weighted by atomic mass is 16.5. The van der Waals surface area contributed by atoms with E-state index in [2.05, 4.69) is 10.6 Å². The molecule has 2 aromatic heterocycles. The van der Waals surface area contributed by atoms with Crippen molar-refractivity contribution in [2.24, 2.45) is 0 Å². The van der Waals surface area contributed by atoms with Crippen molar-refractivity contribution in [1.82, 2.24) is 5.32 Å². The van der Waals surface area contributed by atoms with Gasteiger partial charge in [-0.3, -0.25) is 4.79 Å². The molecule has 0 fully saturated rings. The number of esters is 1. The molecule has 0 atom stereocenters. The monoisotopic (exact) mass is 298 g/mol. The first-order valence-corrected chi connectivity index (χ1v) is 7.27. The highest BCUT2D eigenvalue weighted by molar-refractivity contribution is 5.79. The lowest BCUT2D eigenvalue weighted by Crippen LogP contribution is -2.29. The second-order valence-electron chi connectivity index (χ2n) is 5.01. The van der Waals surface area contributed by atoms with Crippen LogP contribution in [0.5, 0.6) is 0 Å². The predicted octanol–water partition coefficient (Wildman–Crippen LogP) is 2.62. The molecule has 5 heteroatoms. The zero-order valence-corrected chi connectivity index (χ0v) is 12.2. The third kappa shape index (κ3) is 3.77. The highest BCUT2D eigenvalue weighted by Gasteiger charge is 2.06. The van der Waals surface area contributed by atoms with Crippen molar-refractivity contribution in [2.45, 2.75) is 6.61 Å². The molecule has 0 unspecified atom stereocenters. The van der Waals surface area contributed by atoms with Gasteiger partial charge in [0, 0.05) is 19.2 Å². The van der Waals surface area contributed by atoms with E-state index in [-0.39, 0.29) is 12.5 Å². The molecule has 5 nitrogen and oxygen atoms in total. The molecule has 3 aromatic rings. The molecular weight excluding hydrogens is 280 g/mol. The summed E-state index contributed by atoms with van der Waals surface area (Å²) in [4.78, 5) is 11.6. The summed E-state index contributed by atoms with van der Waals surface area (Å²) in [5, 5.41) is 6.31. The van der Waals surface area contributed by atoms with Crippen molar-refractivity contribution in [2.75, 3.05) is 25.0 Å². The van der Waals surface area contributed by atoms with Crippen LogP contribution in [0.25, 0.3) is 11.2 Å². The molecule has 22 heavy (non-hydrogen) atoms. The molecule has 0 saturated heterocycles. The van der Waals surface area contributed by atoms with Crippen molar-refractivity contribution < 1.29 is 13.9 Å². The van der Waals surface area contributed by atoms with Gasteiger partial charge in [0.2, 0.25) is 0 Å². The van der Waals surface area contributed by atoms with Gasteiger partial charge in [0.15, 0.2) is 5.58 Å². The Balaban J connectivity index is 1.28. The Labute approximate surface area is 128 Å². The fraction of sp³-hybridized carbons (Fsp3) is 0.235. The van der Waals surface area contributed by atoms with Gasteiger partial charge in [-0.25, -0.2) is 0 Å². The van der Waals surface area contributed by atoms with Gasteiger partial charge in [-0.1, -0.05) is 30.3 Å². The van der Waals surface area contributed by atoms with Gasteiger partial charge in [-0.05, 0) is 17.7 Å². The Morgan fingerprint density at radius 3 is 2.68 bits per heavy atom. The zero-order valence-electron chi connectivity index (χ0n) is 12.2. The van der Waals surface area contributed by atoms with E-state index in [0.717, 1.165) is 22.4 Å². The maximum Gasteiger partial charge on any atom is 0.320 e. The molecule has 0 aliphatic rings. The fourth-order valence-electron chi connectivity index (χ4n) is 2.19. The molecule has 0 amide bonds. The van der Waals surface area contributed by atoms with Crippen molar-refractivity contribution in [1.29, 1.82) is 0 Å². The van der Waals surface area contributed by atoms with E-state index < -0.39 is 0 Å². The first-order chi connectivity index (χ1) is 10.8. The Morgan fingerprint density at radius 2 is 1.95 bits per heavy atom. The molecule has 0 aliphatic carbocycles. The number of carbonyl (C=O) groups is 1. The Hall–Kier alpha value is -2.53. The average molecular weight is 298 g/mol. The summed E-state index contributed by atoms with van der Waals surface area (Å²) < 4.78 is 10.6. The topological polar surface area (TPSA) is 63.5 Å². The molecule has 2 heterocycles. The van der Waals surface area contributed by atoms with Crippen LogP contribution in [0.2, 0.25) is 0 Å². The molecule has 1 aromatic carbocycles. The summed E-state index contributed by atoms with van der Waals surface area (Å²) in [6.07, 6.45) is 0. The average Bonchev–Trinajstić information content (AvgIpc) is 3.16.